The molecule has 0 saturated carbocycles. The molecule has 1 amide bonds. The summed E-state index contributed by atoms with van der Waals surface area (Å²) in [6.07, 6.45) is 1.55. The van der Waals surface area contributed by atoms with Crippen LogP contribution in [0.15, 0.2) is 72.8 Å². The summed E-state index contributed by atoms with van der Waals surface area (Å²) in [5.74, 6) is 0.330. The number of amides is 1. The molecule has 6 heteroatoms. The summed E-state index contributed by atoms with van der Waals surface area (Å²) < 4.78 is 32.6. The SMILES string of the molecule is O=C(NCc1ccc(OCc2ccc(F)cc2)cc1)C1CCN(Cc2ccccc2F)CC1. The van der Waals surface area contributed by atoms with Crippen LogP contribution in [0.25, 0.3) is 0 Å². The van der Waals surface area contributed by atoms with Crippen molar-refractivity contribution >= 4 is 5.91 Å². The zero-order valence-corrected chi connectivity index (χ0v) is 18.5. The van der Waals surface area contributed by atoms with E-state index in [0.717, 1.165) is 42.8 Å². The first-order chi connectivity index (χ1) is 16.1. The Morgan fingerprint density at radius 2 is 1.58 bits per heavy atom. The molecule has 0 aromatic heterocycles. The van der Waals surface area contributed by atoms with Crippen LogP contribution in [-0.4, -0.2) is 23.9 Å². The maximum atomic E-state index is 13.9. The number of rotatable bonds is 8. The lowest BCUT2D eigenvalue weighted by Gasteiger charge is -2.31. The lowest BCUT2D eigenvalue weighted by molar-refractivity contribution is -0.126. The summed E-state index contributed by atoms with van der Waals surface area (Å²) in [6, 6.07) is 20.7. The van der Waals surface area contributed by atoms with Gasteiger partial charge < -0.3 is 10.1 Å². The zero-order valence-electron chi connectivity index (χ0n) is 18.5. The number of hydrogen-bond acceptors (Lipinski definition) is 3. The molecule has 1 saturated heterocycles. The zero-order chi connectivity index (χ0) is 23.0. The standard InChI is InChI=1S/C27H28F2N2O2/c28-24-9-5-21(6-10-24)19-33-25-11-7-20(8-12-25)17-30-27(32)22-13-15-31(16-14-22)18-23-3-1-2-4-26(23)29/h1-12,22H,13-19H2,(H,30,32). The van der Waals surface area contributed by atoms with Gasteiger partial charge in [-0.25, -0.2) is 8.78 Å². The molecule has 33 heavy (non-hydrogen) atoms. The van der Waals surface area contributed by atoms with Gasteiger partial charge in [0, 0.05) is 24.6 Å². The Morgan fingerprint density at radius 1 is 0.909 bits per heavy atom. The summed E-state index contributed by atoms with van der Waals surface area (Å²) in [7, 11) is 0. The number of nitrogens with one attached hydrogen (secondary N) is 1. The van der Waals surface area contributed by atoms with Gasteiger partial charge in [0.2, 0.25) is 5.91 Å². The van der Waals surface area contributed by atoms with Crippen molar-refractivity contribution in [3.8, 4) is 5.75 Å². The minimum atomic E-state index is -0.265. The number of carbonyl (C=O) groups excluding carboxylic acids is 1. The van der Waals surface area contributed by atoms with Crippen molar-refractivity contribution in [3.63, 3.8) is 0 Å². The van der Waals surface area contributed by atoms with Gasteiger partial charge in [0.05, 0.1) is 0 Å². The van der Waals surface area contributed by atoms with E-state index in [9.17, 15) is 13.6 Å². The lowest BCUT2D eigenvalue weighted by Crippen LogP contribution is -2.40. The molecule has 172 valence electrons. The Morgan fingerprint density at radius 3 is 2.27 bits per heavy atom. The van der Waals surface area contributed by atoms with Gasteiger partial charge >= 0.3 is 0 Å². The van der Waals surface area contributed by atoms with Gasteiger partial charge in [-0.1, -0.05) is 42.5 Å². The molecule has 3 aromatic rings. The van der Waals surface area contributed by atoms with Crippen molar-refractivity contribution in [2.24, 2.45) is 5.92 Å². The van der Waals surface area contributed by atoms with Crippen molar-refractivity contribution in [1.82, 2.24) is 10.2 Å². The molecule has 0 spiro atoms. The first kappa shape index (κ1) is 22.9. The van der Waals surface area contributed by atoms with Gasteiger partial charge in [-0.15, -0.1) is 0 Å². The van der Waals surface area contributed by atoms with Gasteiger partial charge in [0.25, 0.3) is 0 Å². The average Bonchev–Trinajstić information content (AvgIpc) is 2.85. The third-order valence-electron chi connectivity index (χ3n) is 6.02. The highest BCUT2D eigenvalue weighted by Crippen LogP contribution is 2.21. The van der Waals surface area contributed by atoms with Crippen LogP contribution in [0.2, 0.25) is 0 Å². The largest absolute Gasteiger partial charge is 0.489 e. The summed E-state index contributed by atoms with van der Waals surface area (Å²) >= 11 is 0. The topological polar surface area (TPSA) is 41.6 Å². The van der Waals surface area contributed by atoms with E-state index in [0.29, 0.717) is 25.3 Å². The van der Waals surface area contributed by atoms with Crippen molar-refractivity contribution in [2.75, 3.05) is 13.1 Å². The maximum absolute atomic E-state index is 13.9. The summed E-state index contributed by atoms with van der Waals surface area (Å²) in [5, 5.41) is 3.03. The van der Waals surface area contributed by atoms with Crippen LogP contribution in [0.1, 0.15) is 29.5 Å². The second-order valence-corrected chi connectivity index (χ2v) is 8.42. The normalized spacial score (nSPS) is 14.7. The smallest absolute Gasteiger partial charge is 0.223 e. The second-order valence-electron chi connectivity index (χ2n) is 8.42. The molecule has 4 nitrogen and oxygen atoms in total. The fourth-order valence-corrected chi connectivity index (χ4v) is 4.01. The van der Waals surface area contributed by atoms with Crippen molar-refractivity contribution in [3.05, 3.63) is 101 Å². The first-order valence-corrected chi connectivity index (χ1v) is 11.3. The Balaban J connectivity index is 1.18. The summed E-state index contributed by atoms with van der Waals surface area (Å²) in [5.41, 5.74) is 2.59. The molecule has 3 aromatic carbocycles. The molecule has 1 fully saturated rings. The van der Waals surface area contributed by atoms with Gasteiger partial charge in [-0.05, 0) is 67.4 Å². The van der Waals surface area contributed by atoms with Crippen LogP contribution in [0.5, 0.6) is 5.75 Å². The Labute approximate surface area is 193 Å². The highest BCUT2D eigenvalue weighted by atomic mass is 19.1. The molecule has 0 atom stereocenters. The van der Waals surface area contributed by atoms with Crippen LogP contribution in [0.4, 0.5) is 8.78 Å². The first-order valence-electron chi connectivity index (χ1n) is 11.3. The number of hydrogen-bond donors (Lipinski definition) is 1. The predicted octanol–water partition coefficient (Wildman–Crippen LogP) is 5.07. The Hall–Kier alpha value is -3.25. The van der Waals surface area contributed by atoms with Gasteiger partial charge in [0.15, 0.2) is 0 Å². The summed E-state index contributed by atoms with van der Waals surface area (Å²) in [6.45, 7) is 2.98. The quantitative estimate of drug-likeness (QED) is 0.521. The van der Waals surface area contributed by atoms with Crippen LogP contribution in [0.3, 0.4) is 0 Å². The minimum absolute atomic E-state index is 0.0137. The molecule has 0 radical (unpaired) electrons. The molecule has 1 aliphatic heterocycles. The Kier molecular flexibility index (Phi) is 7.68. The van der Waals surface area contributed by atoms with Crippen LogP contribution >= 0.6 is 0 Å². The van der Waals surface area contributed by atoms with E-state index in [-0.39, 0.29) is 23.5 Å². The molecule has 1 aliphatic rings. The van der Waals surface area contributed by atoms with E-state index in [1.165, 1.54) is 18.2 Å². The van der Waals surface area contributed by atoms with E-state index in [4.69, 9.17) is 4.74 Å². The fourth-order valence-electron chi connectivity index (χ4n) is 4.01. The molecule has 1 heterocycles. The third-order valence-corrected chi connectivity index (χ3v) is 6.02. The molecule has 4 rings (SSSR count). The van der Waals surface area contributed by atoms with Crippen LogP contribution in [-0.2, 0) is 24.5 Å². The number of ether oxygens (including phenoxy) is 1. The maximum Gasteiger partial charge on any atom is 0.223 e. The molecule has 1 N–H and O–H groups in total. The molecular weight excluding hydrogens is 422 g/mol. The van der Waals surface area contributed by atoms with E-state index in [1.807, 2.05) is 36.4 Å². The molecular formula is C27H28F2N2O2. The average molecular weight is 451 g/mol. The van der Waals surface area contributed by atoms with Crippen LogP contribution in [0, 0.1) is 17.6 Å². The predicted molar refractivity (Wildman–Crippen MR) is 123 cm³/mol. The number of carbonyl (C=O) groups is 1. The van der Waals surface area contributed by atoms with Crippen LogP contribution < -0.4 is 10.1 Å². The van der Waals surface area contributed by atoms with Crippen molar-refractivity contribution in [1.29, 1.82) is 0 Å². The molecule has 0 unspecified atom stereocenters. The van der Waals surface area contributed by atoms with E-state index >= 15 is 0 Å². The minimum Gasteiger partial charge on any atom is -0.489 e. The molecule has 0 aliphatic carbocycles. The van der Waals surface area contributed by atoms with Crippen molar-refractivity contribution in [2.45, 2.75) is 32.5 Å². The highest BCUT2D eigenvalue weighted by Gasteiger charge is 2.25. The van der Waals surface area contributed by atoms with E-state index in [1.54, 1.807) is 18.2 Å². The number of likely N-dealkylation sites (tertiary alicyclic amines) is 1. The fraction of sp³-hybridized carbons (Fsp3) is 0.296. The molecule has 0 bridgehead atoms. The summed E-state index contributed by atoms with van der Waals surface area (Å²) in [4.78, 5) is 14.8. The number of halogens is 2. The number of nitrogens with zero attached hydrogens (tertiary/aromatic N) is 1. The Bertz CT molecular complexity index is 1050. The van der Waals surface area contributed by atoms with Gasteiger partial charge in [-0.2, -0.15) is 0 Å². The third kappa shape index (κ3) is 6.62. The number of piperidine rings is 1. The monoisotopic (exact) mass is 450 g/mol. The van der Waals surface area contributed by atoms with Gasteiger partial charge in [0.1, 0.15) is 24.0 Å². The van der Waals surface area contributed by atoms with E-state index in [2.05, 4.69) is 10.2 Å². The lowest BCUT2D eigenvalue weighted by atomic mass is 9.95. The van der Waals surface area contributed by atoms with Gasteiger partial charge in [-0.3, -0.25) is 9.69 Å². The second kappa shape index (κ2) is 11.1. The van der Waals surface area contributed by atoms with E-state index < -0.39 is 0 Å². The van der Waals surface area contributed by atoms with Crippen molar-refractivity contribution < 1.29 is 18.3 Å². The number of benzene rings is 3. The highest BCUT2D eigenvalue weighted by molar-refractivity contribution is 5.78.